The number of benzene rings is 9. The molecule has 0 radical (unpaired) electrons. The molecule has 13 rings (SSSR count). The van der Waals surface area contributed by atoms with Gasteiger partial charge in [0.25, 0.3) is 0 Å². The third kappa shape index (κ3) is 4.86. The summed E-state index contributed by atoms with van der Waals surface area (Å²) in [4.78, 5) is 15.7. The van der Waals surface area contributed by atoms with Crippen LogP contribution in [0.25, 0.3) is 95.0 Å². The zero-order chi connectivity index (χ0) is 40.8. The first kappa shape index (κ1) is 34.6. The van der Waals surface area contributed by atoms with E-state index >= 15 is 0 Å². The lowest BCUT2D eigenvalue weighted by Gasteiger charge is -2.30. The largest absolute Gasteiger partial charge is 0.278 e. The first-order valence-electron chi connectivity index (χ1n) is 21.2. The van der Waals surface area contributed by atoms with E-state index in [4.69, 9.17) is 15.0 Å². The van der Waals surface area contributed by atoms with Crippen molar-refractivity contribution >= 4 is 21.8 Å². The molecule has 2 aliphatic rings. The molecule has 0 aliphatic heterocycles. The molecule has 11 aromatic rings. The lowest BCUT2D eigenvalue weighted by molar-refractivity contribution is 0.794. The molecule has 0 saturated heterocycles. The molecule has 1 spiro atoms. The van der Waals surface area contributed by atoms with Gasteiger partial charge in [-0.3, -0.25) is 4.57 Å². The Hall–Kier alpha value is -8.21. The van der Waals surface area contributed by atoms with Gasteiger partial charge < -0.3 is 0 Å². The molecule has 0 unspecified atom stereocenters. The minimum atomic E-state index is -0.402. The Labute approximate surface area is 359 Å². The molecule has 0 N–H and O–H groups in total. The Morgan fingerprint density at radius 2 is 0.823 bits per heavy atom. The Morgan fingerprint density at radius 3 is 1.55 bits per heavy atom. The van der Waals surface area contributed by atoms with E-state index in [1.54, 1.807) is 0 Å². The number of hydrogen-bond donors (Lipinski definition) is 0. The van der Waals surface area contributed by atoms with Crippen LogP contribution in [0.2, 0.25) is 0 Å². The fourth-order valence-corrected chi connectivity index (χ4v) is 10.6. The standard InChI is InChI=1S/C58H36N4/c1-3-18-37(19-4-1)40-22-7-8-26-45(40)56-59-55(38-20-5-2-6-21-38)60-57(61-56)62-52-33-16-12-25-44(52)47-36-39(34-35-53(47)62)41-28-17-32-51-54(41)46-27-11-15-31-50(46)58(51)48-29-13-9-23-42(48)43-24-10-14-30-49(43)58/h1-36H. The summed E-state index contributed by atoms with van der Waals surface area (Å²) < 4.78 is 2.21. The molecular weight excluding hydrogens is 753 g/mol. The van der Waals surface area contributed by atoms with Crippen LogP contribution in [0.3, 0.4) is 0 Å². The zero-order valence-corrected chi connectivity index (χ0v) is 33.6. The van der Waals surface area contributed by atoms with E-state index in [9.17, 15) is 0 Å². The number of hydrogen-bond acceptors (Lipinski definition) is 3. The van der Waals surface area contributed by atoms with Crippen LogP contribution in [-0.4, -0.2) is 19.5 Å². The van der Waals surface area contributed by atoms with Gasteiger partial charge in [-0.1, -0.05) is 200 Å². The van der Waals surface area contributed by atoms with Crippen LogP contribution in [0.1, 0.15) is 22.3 Å². The summed E-state index contributed by atoms with van der Waals surface area (Å²) >= 11 is 0. The van der Waals surface area contributed by atoms with E-state index in [2.05, 4.69) is 199 Å². The second-order valence-electron chi connectivity index (χ2n) is 16.3. The SMILES string of the molecule is c1ccc(-c2nc(-c3ccccc3-c3ccccc3)nc(-n3c4ccccc4c4cc(-c5cccc6c5-c5ccccc5C65c6ccccc6-c6ccccc65)ccc43)n2)cc1. The number of aromatic nitrogens is 4. The predicted octanol–water partition coefficient (Wildman–Crippen LogP) is 14.0. The fourth-order valence-electron chi connectivity index (χ4n) is 10.6. The molecule has 0 saturated carbocycles. The lowest BCUT2D eigenvalue weighted by Crippen LogP contribution is -2.25. The minimum absolute atomic E-state index is 0.402. The van der Waals surface area contributed by atoms with Gasteiger partial charge in [0, 0.05) is 21.9 Å². The molecule has 0 fully saturated rings. The maximum Gasteiger partial charge on any atom is 0.238 e. The van der Waals surface area contributed by atoms with Crippen molar-refractivity contribution in [1.82, 2.24) is 19.5 Å². The van der Waals surface area contributed by atoms with E-state index in [1.165, 1.54) is 55.6 Å². The van der Waals surface area contributed by atoms with Gasteiger partial charge >= 0.3 is 0 Å². The van der Waals surface area contributed by atoms with Gasteiger partial charge in [0.05, 0.1) is 16.4 Å². The molecule has 9 aromatic carbocycles. The van der Waals surface area contributed by atoms with Crippen molar-refractivity contribution in [2.24, 2.45) is 0 Å². The molecule has 288 valence electrons. The van der Waals surface area contributed by atoms with Crippen molar-refractivity contribution in [3.8, 4) is 73.2 Å². The molecule has 4 heteroatoms. The summed E-state index contributed by atoms with van der Waals surface area (Å²) in [7, 11) is 0. The normalized spacial score (nSPS) is 13.0. The van der Waals surface area contributed by atoms with Crippen molar-refractivity contribution in [1.29, 1.82) is 0 Å². The quantitative estimate of drug-likeness (QED) is 0.174. The second kappa shape index (κ2) is 13.4. The molecule has 2 aromatic heterocycles. The van der Waals surface area contributed by atoms with Crippen molar-refractivity contribution in [2.75, 3.05) is 0 Å². The number of fused-ring (bicyclic) bond motifs is 13. The smallest absolute Gasteiger partial charge is 0.238 e. The monoisotopic (exact) mass is 788 g/mol. The summed E-state index contributed by atoms with van der Waals surface area (Å²) in [5.41, 5.74) is 18.7. The van der Waals surface area contributed by atoms with Crippen LogP contribution in [0.5, 0.6) is 0 Å². The van der Waals surface area contributed by atoms with Gasteiger partial charge in [-0.2, -0.15) is 9.97 Å². The number of nitrogens with zero attached hydrogens (tertiary/aromatic N) is 4. The molecule has 2 aliphatic carbocycles. The molecule has 4 nitrogen and oxygen atoms in total. The first-order valence-corrected chi connectivity index (χ1v) is 21.2. The topological polar surface area (TPSA) is 43.6 Å². The highest BCUT2D eigenvalue weighted by Crippen LogP contribution is 2.64. The molecule has 0 amide bonds. The van der Waals surface area contributed by atoms with Gasteiger partial charge in [0.15, 0.2) is 11.6 Å². The second-order valence-corrected chi connectivity index (χ2v) is 16.3. The predicted molar refractivity (Wildman–Crippen MR) is 252 cm³/mol. The molecule has 2 heterocycles. The average Bonchev–Trinajstić information content (AvgIpc) is 3.96. The number of para-hydroxylation sites is 1. The summed E-state index contributed by atoms with van der Waals surface area (Å²) in [6.45, 7) is 0. The van der Waals surface area contributed by atoms with Gasteiger partial charge in [-0.25, -0.2) is 4.98 Å². The Morgan fingerprint density at radius 1 is 0.306 bits per heavy atom. The molecule has 0 bridgehead atoms. The van der Waals surface area contributed by atoms with Crippen molar-refractivity contribution in [3.63, 3.8) is 0 Å². The maximum absolute atomic E-state index is 5.33. The highest BCUT2D eigenvalue weighted by atomic mass is 15.2. The van der Waals surface area contributed by atoms with Crippen molar-refractivity contribution < 1.29 is 0 Å². The van der Waals surface area contributed by atoms with Crippen molar-refractivity contribution in [3.05, 3.63) is 241 Å². The van der Waals surface area contributed by atoms with E-state index in [1.807, 2.05) is 24.3 Å². The van der Waals surface area contributed by atoms with E-state index in [0.29, 0.717) is 17.6 Å². The number of rotatable bonds is 5. The van der Waals surface area contributed by atoms with Crippen molar-refractivity contribution in [2.45, 2.75) is 5.41 Å². The maximum atomic E-state index is 5.33. The highest BCUT2D eigenvalue weighted by Gasteiger charge is 2.52. The van der Waals surface area contributed by atoms with Crippen LogP contribution in [0, 0.1) is 0 Å². The summed E-state index contributed by atoms with van der Waals surface area (Å²) in [5, 5.41) is 2.28. The minimum Gasteiger partial charge on any atom is -0.278 e. The summed E-state index contributed by atoms with van der Waals surface area (Å²) in [5.74, 6) is 1.82. The Kier molecular flexibility index (Phi) is 7.49. The highest BCUT2D eigenvalue weighted by molar-refractivity contribution is 6.11. The van der Waals surface area contributed by atoms with Crippen LogP contribution in [0.4, 0.5) is 0 Å². The fraction of sp³-hybridized carbons (Fsp3) is 0.0172. The third-order valence-electron chi connectivity index (χ3n) is 13.1. The lowest BCUT2D eigenvalue weighted by atomic mass is 9.70. The molecule has 0 atom stereocenters. The van der Waals surface area contributed by atoms with Gasteiger partial charge in [-0.05, 0) is 85.0 Å². The van der Waals surface area contributed by atoms with Crippen LogP contribution < -0.4 is 0 Å². The Balaban J connectivity index is 1.04. The molecular formula is C58H36N4. The molecule has 62 heavy (non-hydrogen) atoms. The average molecular weight is 789 g/mol. The van der Waals surface area contributed by atoms with E-state index in [0.717, 1.165) is 44.1 Å². The third-order valence-corrected chi connectivity index (χ3v) is 13.1. The Bertz CT molecular complexity index is 3540. The van der Waals surface area contributed by atoms with Gasteiger partial charge in [-0.15, -0.1) is 0 Å². The van der Waals surface area contributed by atoms with E-state index in [-0.39, 0.29) is 0 Å². The van der Waals surface area contributed by atoms with Crippen LogP contribution in [0.15, 0.2) is 218 Å². The van der Waals surface area contributed by atoms with Gasteiger partial charge in [0.2, 0.25) is 5.95 Å². The van der Waals surface area contributed by atoms with Gasteiger partial charge in [0.1, 0.15) is 0 Å². The van der Waals surface area contributed by atoms with E-state index < -0.39 is 5.41 Å². The van der Waals surface area contributed by atoms with Crippen LogP contribution >= 0.6 is 0 Å². The van der Waals surface area contributed by atoms with Crippen LogP contribution in [-0.2, 0) is 5.41 Å². The zero-order valence-electron chi connectivity index (χ0n) is 33.6. The first-order chi connectivity index (χ1) is 30.8. The summed E-state index contributed by atoms with van der Waals surface area (Å²) in [6.07, 6.45) is 0. The summed E-state index contributed by atoms with van der Waals surface area (Å²) in [6, 6.07) is 78.5.